The number of hydrogen-bond donors (Lipinski definition) is 1. The predicted octanol–water partition coefficient (Wildman–Crippen LogP) is 3.80. The molecule has 0 spiro atoms. The van der Waals surface area contributed by atoms with Gasteiger partial charge in [0, 0.05) is 6.04 Å². The maximum absolute atomic E-state index is 12.8. The maximum Gasteiger partial charge on any atom is 0.227 e. The highest BCUT2D eigenvalue weighted by molar-refractivity contribution is 5.84. The van der Waals surface area contributed by atoms with Crippen molar-refractivity contribution in [2.45, 2.75) is 63.3 Å². The number of hydrogen-bond acceptors (Lipinski definition) is 1. The molecule has 3 fully saturated rings. The smallest absolute Gasteiger partial charge is 0.227 e. The number of rotatable bonds is 2. The van der Waals surface area contributed by atoms with E-state index in [2.05, 4.69) is 29.6 Å². The molecule has 4 aliphatic carbocycles. The summed E-state index contributed by atoms with van der Waals surface area (Å²) in [5, 5.41) is 3.42. The van der Waals surface area contributed by atoms with E-state index in [-0.39, 0.29) is 5.92 Å². The Morgan fingerprint density at radius 2 is 1.86 bits per heavy atom. The molecule has 5 rings (SSSR count). The van der Waals surface area contributed by atoms with Crippen LogP contribution in [-0.4, -0.2) is 11.9 Å². The molecular weight excluding hydrogens is 258 g/mol. The van der Waals surface area contributed by atoms with Gasteiger partial charge in [0.1, 0.15) is 0 Å². The Morgan fingerprint density at radius 3 is 2.62 bits per heavy atom. The Balaban J connectivity index is 1.49. The molecule has 4 aliphatic rings. The maximum atomic E-state index is 12.8. The second kappa shape index (κ2) is 5.47. The Labute approximate surface area is 127 Å². The van der Waals surface area contributed by atoms with Crippen molar-refractivity contribution in [1.29, 1.82) is 0 Å². The lowest BCUT2D eigenvalue weighted by atomic mass is 9.68. The van der Waals surface area contributed by atoms with E-state index in [0.717, 1.165) is 31.1 Å². The second-order valence-corrected chi connectivity index (χ2v) is 7.28. The number of benzene rings is 1. The van der Waals surface area contributed by atoms with Gasteiger partial charge in [-0.25, -0.2) is 0 Å². The summed E-state index contributed by atoms with van der Waals surface area (Å²) in [4.78, 5) is 12.8. The fraction of sp³-hybridized carbons (Fsp3) is 0.632. The average Bonchev–Trinajstić information content (AvgIpc) is 2.55. The third kappa shape index (κ3) is 2.49. The fourth-order valence-corrected chi connectivity index (χ4v) is 4.86. The van der Waals surface area contributed by atoms with Crippen LogP contribution in [0.15, 0.2) is 24.3 Å². The van der Waals surface area contributed by atoms with Crippen LogP contribution in [0.4, 0.5) is 0 Å². The molecule has 3 saturated carbocycles. The minimum Gasteiger partial charge on any atom is -0.353 e. The van der Waals surface area contributed by atoms with Crippen LogP contribution in [0.2, 0.25) is 0 Å². The molecule has 0 saturated heterocycles. The van der Waals surface area contributed by atoms with Gasteiger partial charge in [-0.15, -0.1) is 0 Å². The van der Waals surface area contributed by atoms with Crippen molar-refractivity contribution < 1.29 is 4.79 Å². The first-order valence-corrected chi connectivity index (χ1v) is 8.69. The molecule has 1 amide bonds. The molecule has 2 atom stereocenters. The number of fused-ring (bicyclic) bond motifs is 4. The summed E-state index contributed by atoms with van der Waals surface area (Å²) in [6.45, 7) is 0. The van der Waals surface area contributed by atoms with Crippen LogP contribution >= 0.6 is 0 Å². The lowest BCUT2D eigenvalue weighted by Gasteiger charge is -2.43. The van der Waals surface area contributed by atoms with Crippen molar-refractivity contribution in [3.8, 4) is 0 Å². The normalized spacial score (nSPS) is 34.3. The quantitative estimate of drug-likeness (QED) is 0.879. The van der Waals surface area contributed by atoms with E-state index in [1.165, 1.54) is 43.2 Å². The molecule has 1 aromatic carbocycles. The lowest BCUT2D eigenvalue weighted by Crippen LogP contribution is -2.48. The third-order valence-electron chi connectivity index (χ3n) is 6.06. The van der Waals surface area contributed by atoms with Gasteiger partial charge >= 0.3 is 0 Å². The fourth-order valence-electron chi connectivity index (χ4n) is 4.86. The number of nitrogens with one attached hydrogen (secondary N) is 1. The zero-order chi connectivity index (χ0) is 14.2. The van der Waals surface area contributed by atoms with Crippen LogP contribution in [-0.2, 0) is 11.2 Å². The van der Waals surface area contributed by atoms with Gasteiger partial charge in [0.05, 0.1) is 5.92 Å². The summed E-state index contributed by atoms with van der Waals surface area (Å²) in [6.07, 6.45) is 9.97. The van der Waals surface area contributed by atoms with Crippen molar-refractivity contribution in [3.05, 3.63) is 35.4 Å². The first-order chi connectivity index (χ1) is 10.3. The Morgan fingerprint density at radius 1 is 1.05 bits per heavy atom. The number of carbonyl (C=O) groups is 1. The summed E-state index contributed by atoms with van der Waals surface area (Å²) in [7, 11) is 0. The molecule has 0 aliphatic heterocycles. The standard InChI is InChI=1S/C19H25NO/c21-19(20-18-12-13-8-10-15(18)11-9-13)17-7-3-5-14-4-1-2-6-16(14)17/h1-2,4,6,13,15,17-18H,3,5,7-12H2,(H,20,21)/t13?,15?,17?,18-/m1/s1. The van der Waals surface area contributed by atoms with Gasteiger partial charge in [0.15, 0.2) is 0 Å². The minimum absolute atomic E-state index is 0.0930. The van der Waals surface area contributed by atoms with E-state index >= 15 is 0 Å². The highest BCUT2D eigenvalue weighted by Gasteiger charge is 2.37. The van der Waals surface area contributed by atoms with Gasteiger partial charge in [-0.3, -0.25) is 4.79 Å². The molecule has 1 N–H and O–H groups in total. The zero-order valence-corrected chi connectivity index (χ0v) is 12.7. The zero-order valence-electron chi connectivity index (χ0n) is 12.7. The first kappa shape index (κ1) is 13.4. The number of aryl methyl sites for hydroxylation is 1. The van der Waals surface area contributed by atoms with Crippen LogP contribution in [0, 0.1) is 11.8 Å². The van der Waals surface area contributed by atoms with E-state index in [1.807, 2.05) is 0 Å². The summed E-state index contributed by atoms with van der Waals surface area (Å²) in [5.74, 6) is 2.01. The van der Waals surface area contributed by atoms with Crippen molar-refractivity contribution in [3.63, 3.8) is 0 Å². The van der Waals surface area contributed by atoms with Crippen molar-refractivity contribution >= 4 is 5.91 Å². The SMILES string of the molecule is O=C(N[C@@H]1CC2CCC1CC2)C1CCCc2ccccc21. The topological polar surface area (TPSA) is 29.1 Å². The van der Waals surface area contributed by atoms with E-state index in [0.29, 0.717) is 11.9 Å². The van der Waals surface area contributed by atoms with Crippen molar-refractivity contribution in [2.75, 3.05) is 0 Å². The number of carbonyl (C=O) groups excluding carboxylic acids is 1. The summed E-state index contributed by atoms with van der Waals surface area (Å²) in [6, 6.07) is 8.98. The molecule has 0 heterocycles. The van der Waals surface area contributed by atoms with E-state index in [4.69, 9.17) is 0 Å². The first-order valence-electron chi connectivity index (χ1n) is 8.69. The Hall–Kier alpha value is -1.31. The second-order valence-electron chi connectivity index (χ2n) is 7.28. The van der Waals surface area contributed by atoms with Gasteiger partial charge in [-0.2, -0.15) is 0 Å². The monoisotopic (exact) mass is 283 g/mol. The lowest BCUT2D eigenvalue weighted by molar-refractivity contribution is -0.124. The van der Waals surface area contributed by atoms with Crippen molar-refractivity contribution in [1.82, 2.24) is 5.32 Å². The van der Waals surface area contributed by atoms with Gasteiger partial charge in [-0.05, 0) is 61.5 Å². The summed E-state index contributed by atoms with van der Waals surface area (Å²) in [5.41, 5.74) is 2.66. The van der Waals surface area contributed by atoms with Crippen LogP contribution in [0.1, 0.15) is 62.0 Å². The van der Waals surface area contributed by atoms with Crippen LogP contribution in [0.25, 0.3) is 0 Å². The third-order valence-corrected chi connectivity index (χ3v) is 6.06. The van der Waals surface area contributed by atoms with E-state index < -0.39 is 0 Å². The predicted molar refractivity (Wildman–Crippen MR) is 84.1 cm³/mol. The molecule has 2 nitrogen and oxygen atoms in total. The van der Waals surface area contributed by atoms with Gasteiger partial charge in [-0.1, -0.05) is 37.1 Å². The van der Waals surface area contributed by atoms with Gasteiger partial charge in [0.25, 0.3) is 0 Å². The van der Waals surface area contributed by atoms with E-state index in [9.17, 15) is 4.79 Å². The number of amides is 1. The van der Waals surface area contributed by atoms with Crippen molar-refractivity contribution in [2.24, 2.45) is 11.8 Å². The molecular formula is C19H25NO. The molecule has 21 heavy (non-hydrogen) atoms. The molecule has 112 valence electrons. The minimum atomic E-state index is 0.0930. The summed E-state index contributed by atoms with van der Waals surface area (Å²) < 4.78 is 0. The Bertz CT molecular complexity index is 530. The Kier molecular flexibility index (Phi) is 3.48. The largest absolute Gasteiger partial charge is 0.353 e. The molecule has 1 unspecified atom stereocenters. The van der Waals surface area contributed by atoms with Crippen LogP contribution in [0.5, 0.6) is 0 Å². The highest BCUT2D eigenvalue weighted by Crippen LogP contribution is 2.41. The molecule has 0 aromatic heterocycles. The molecule has 2 bridgehead atoms. The van der Waals surface area contributed by atoms with Gasteiger partial charge < -0.3 is 5.32 Å². The highest BCUT2D eigenvalue weighted by atomic mass is 16.1. The van der Waals surface area contributed by atoms with Gasteiger partial charge in [0.2, 0.25) is 5.91 Å². The molecule has 1 aromatic rings. The van der Waals surface area contributed by atoms with Crippen LogP contribution in [0.3, 0.4) is 0 Å². The summed E-state index contributed by atoms with van der Waals surface area (Å²) >= 11 is 0. The molecule has 2 heteroatoms. The van der Waals surface area contributed by atoms with E-state index in [1.54, 1.807) is 0 Å². The average molecular weight is 283 g/mol. The molecule has 0 radical (unpaired) electrons. The van der Waals surface area contributed by atoms with Crippen LogP contribution < -0.4 is 5.32 Å².